The second-order valence-electron chi connectivity index (χ2n) is 2.64. The molecule has 0 saturated carbocycles. The fourth-order valence-electron chi connectivity index (χ4n) is 0.644. The minimum Gasteiger partial charge on any atom is -0.512 e. The lowest BCUT2D eigenvalue weighted by Crippen LogP contribution is -2.09. The van der Waals surface area contributed by atoms with E-state index in [1.807, 2.05) is 0 Å². The first kappa shape index (κ1) is 11.0. The number of hydrogen-bond donors (Lipinski definition) is 3. The van der Waals surface area contributed by atoms with Crippen molar-refractivity contribution < 1.29 is 20.1 Å². The lowest BCUT2D eigenvalue weighted by molar-refractivity contribution is -0.132. The molecule has 0 aromatic carbocycles. The van der Waals surface area contributed by atoms with Crippen LogP contribution in [0.4, 0.5) is 0 Å². The molecule has 0 bridgehead atoms. The monoisotopic (exact) mass is 174 g/mol. The molecule has 4 nitrogen and oxygen atoms in total. The van der Waals surface area contributed by atoms with Crippen LogP contribution >= 0.6 is 0 Å². The number of aliphatic hydroxyl groups is 2. The van der Waals surface area contributed by atoms with Crippen LogP contribution in [0.15, 0.2) is 11.3 Å². The molecule has 4 heteroatoms. The highest BCUT2D eigenvalue weighted by Gasteiger charge is 2.11. The van der Waals surface area contributed by atoms with Gasteiger partial charge in [0.25, 0.3) is 0 Å². The zero-order valence-corrected chi connectivity index (χ0v) is 7.24. The summed E-state index contributed by atoms with van der Waals surface area (Å²) in [7, 11) is 0. The van der Waals surface area contributed by atoms with E-state index in [0.717, 1.165) is 0 Å². The van der Waals surface area contributed by atoms with Crippen molar-refractivity contribution >= 4 is 5.97 Å². The van der Waals surface area contributed by atoms with Crippen LogP contribution in [-0.4, -0.2) is 27.4 Å². The molecule has 0 radical (unpaired) electrons. The Morgan fingerprint density at radius 1 is 1.42 bits per heavy atom. The summed E-state index contributed by atoms with van der Waals surface area (Å²) in [6.45, 7) is 3.06. The van der Waals surface area contributed by atoms with E-state index in [1.54, 1.807) is 6.92 Å². The Kier molecular flexibility index (Phi) is 4.36. The van der Waals surface area contributed by atoms with Gasteiger partial charge in [-0.25, -0.2) is 4.79 Å². The maximum absolute atomic E-state index is 10.3. The molecule has 12 heavy (non-hydrogen) atoms. The van der Waals surface area contributed by atoms with Crippen LogP contribution in [0.25, 0.3) is 0 Å². The Morgan fingerprint density at radius 3 is 2.25 bits per heavy atom. The number of carboxylic acids is 1. The highest BCUT2D eigenvalue weighted by atomic mass is 16.4. The van der Waals surface area contributed by atoms with Gasteiger partial charge in [-0.05, 0) is 13.3 Å². The standard InChI is InChI=1S/C8H14O4/c1-3-6(9)4-7(10)5(2)8(11)12/h6,9-10H,3-4H2,1-2H3,(H,11,12). The molecule has 0 aliphatic heterocycles. The molecule has 0 rings (SSSR count). The van der Waals surface area contributed by atoms with Crippen molar-refractivity contribution in [3.8, 4) is 0 Å². The molecule has 0 aromatic rings. The van der Waals surface area contributed by atoms with E-state index in [-0.39, 0.29) is 17.8 Å². The largest absolute Gasteiger partial charge is 0.512 e. The van der Waals surface area contributed by atoms with Crippen molar-refractivity contribution in [1.82, 2.24) is 0 Å². The van der Waals surface area contributed by atoms with Crippen LogP contribution in [0, 0.1) is 0 Å². The van der Waals surface area contributed by atoms with Crippen molar-refractivity contribution in [3.05, 3.63) is 11.3 Å². The molecule has 0 spiro atoms. The molecule has 0 amide bonds. The van der Waals surface area contributed by atoms with Gasteiger partial charge in [-0.1, -0.05) is 6.92 Å². The van der Waals surface area contributed by atoms with Gasteiger partial charge in [-0.15, -0.1) is 0 Å². The summed E-state index contributed by atoms with van der Waals surface area (Å²) >= 11 is 0. The molecule has 1 atom stereocenters. The Balaban J connectivity index is 4.26. The maximum atomic E-state index is 10.3. The summed E-state index contributed by atoms with van der Waals surface area (Å²) in [5.74, 6) is -1.41. The summed E-state index contributed by atoms with van der Waals surface area (Å²) in [6, 6.07) is 0. The van der Waals surface area contributed by atoms with Crippen molar-refractivity contribution in [1.29, 1.82) is 0 Å². The quantitative estimate of drug-likeness (QED) is 0.440. The van der Waals surface area contributed by atoms with Crippen molar-refractivity contribution in [2.75, 3.05) is 0 Å². The van der Waals surface area contributed by atoms with E-state index < -0.39 is 12.1 Å². The minimum absolute atomic E-state index is 0.00856. The molecule has 3 N–H and O–H groups in total. The summed E-state index contributed by atoms with van der Waals surface area (Å²) in [5.41, 5.74) is -0.109. The molecule has 0 aromatic heterocycles. The molecule has 70 valence electrons. The molecule has 0 heterocycles. The number of rotatable bonds is 4. The van der Waals surface area contributed by atoms with E-state index in [2.05, 4.69) is 0 Å². The molecular formula is C8H14O4. The highest BCUT2D eigenvalue weighted by Crippen LogP contribution is 2.09. The van der Waals surface area contributed by atoms with Crippen LogP contribution in [0.5, 0.6) is 0 Å². The van der Waals surface area contributed by atoms with Gasteiger partial charge >= 0.3 is 5.97 Å². The molecule has 0 fully saturated rings. The topological polar surface area (TPSA) is 77.8 Å². The Hall–Kier alpha value is -1.03. The second kappa shape index (κ2) is 4.77. The van der Waals surface area contributed by atoms with Crippen molar-refractivity contribution in [3.63, 3.8) is 0 Å². The summed E-state index contributed by atoms with van der Waals surface area (Å²) in [6.07, 6.45) is -0.162. The smallest absolute Gasteiger partial charge is 0.334 e. The minimum atomic E-state index is -1.16. The molecule has 0 saturated heterocycles. The molecule has 0 aliphatic rings. The fourth-order valence-corrected chi connectivity index (χ4v) is 0.644. The molecule has 1 unspecified atom stereocenters. The van der Waals surface area contributed by atoms with Gasteiger partial charge < -0.3 is 15.3 Å². The van der Waals surface area contributed by atoms with Crippen LogP contribution in [0.2, 0.25) is 0 Å². The summed E-state index contributed by atoms with van der Waals surface area (Å²) in [5, 5.41) is 26.6. The number of carboxylic acid groups (broad SMARTS) is 1. The molecular weight excluding hydrogens is 160 g/mol. The van der Waals surface area contributed by atoms with Crippen LogP contribution in [0.1, 0.15) is 26.7 Å². The zero-order chi connectivity index (χ0) is 9.72. The predicted octanol–water partition coefficient (Wildman–Crippen LogP) is 1.06. The Morgan fingerprint density at radius 2 is 1.92 bits per heavy atom. The third-order valence-electron chi connectivity index (χ3n) is 1.65. The number of aliphatic hydroxyl groups excluding tert-OH is 2. The van der Waals surface area contributed by atoms with Gasteiger partial charge in [-0.2, -0.15) is 0 Å². The van der Waals surface area contributed by atoms with E-state index in [4.69, 9.17) is 15.3 Å². The fraction of sp³-hybridized carbons (Fsp3) is 0.625. The van der Waals surface area contributed by atoms with E-state index in [9.17, 15) is 4.79 Å². The second-order valence-corrected chi connectivity index (χ2v) is 2.64. The van der Waals surface area contributed by atoms with Crippen LogP contribution < -0.4 is 0 Å². The summed E-state index contributed by atoms with van der Waals surface area (Å²) < 4.78 is 0. The lowest BCUT2D eigenvalue weighted by Gasteiger charge is -2.07. The normalized spacial score (nSPS) is 15.2. The average molecular weight is 174 g/mol. The van der Waals surface area contributed by atoms with Gasteiger partial charge in [0, 0.05) is 6.42 Å². The third kappa shape index (κ3) is 3.39. The van der Waals surface area contributed by atoms with Crippen LogP contribution in [-0.2, 0) is 4.79 Å². The molecule has 0 aliphatic carbocycles. The van der Waals surface area contributed by atoms with Crippen molar-refractivity contribution in [2.45, 2.75) is 32.8 Å². The van der Waals surface area contributed by atoms with E-state index in [1.165, 1.54) is 6.92 Å². The third-order valence-corrected chi connectivity index (χ3v) is 1.65. The maximum Gasteiger partial charge on any atom is 0.334 e. The highest BCUT2D eigenvalue weighted by molar-refractivity contribution is 5.86. The van der Waals surface area contributed by atoms with Crippen LogP contribution in [0.3, 0.4) is 0 Å². The first-order valence-electron chi connectivity index (χ1n) is 3.79. The summed E-state index contributed by atoms with van der Waals surface area (Å²) in [4.78, 5) is 10.3. The first-order chi connectivity index (χ1) is 5.49. The number of hydrogen-bond acceptors (Lipinski definition) is 3. The first-order valence-corrected chi connectivity index (χ1v) is 3.79. The van der Waals surface area contributed by atoms with Gasteiger partial charge in [0.05, 0.1) is 11.7 Å². The number of aliphatic carboxylic acids is 1. The number of carbonyl (C=O) groups is 1. The van der Waals surface area contributed by atoms with Gasteiger partial charge in [0.15, 0.2) is 0 Å². The van der Waals surface area contributed by atoms with Gasteiger partial charge in [0.1, 0.15) is 5.76 Å². The average Bonchev–Trinajstić information content (AvgIpc) is 2.02. The lowest BCUT2D eigenvalue weighted by atomic mass is 10.1. The Bertz CT molecular complexity index is 195. The van der Waals surface area contributed by atoms with Crippen molar-refractivity contribution in [2.24, 2.45) is 0 Å². The van der Waals surface area contributed by atoms with Gasteiger partial charge in [-0.3, -0.25) is 0 Å². The van der Waals surface area contributed by atoms with E-state index >= 15 is 0 Å². The SMILES string of the molecule is CCC(O)CC(O)=C(C)C(=O)O. The van der Waals surface area contributed by atoms with Gasteiger partial charge in [0.2, 0.25) is 0 Å². The Labute approximate surface area is 71.1 Å². The predicted molar refractivity (Wildman–Crippen MR) is 43.9 cm³/mol. The van der Waals surface area contributed by atoms with E-state index in [0.29, 0.717) is 6.42 Å². The zero-order valence-electron chi connectivity index (χ0n) is 7.24.